The predicted octanol–water partition coefficient (Wildman–Crippen LogP) is 29.7. The van der Waals surface area contributed by atoms with Crippen molar-refractivity contribution in [2.45, 2.75) is 129 Å². The average molecular weight is 2780 g/mol. The molecule has 5 heterocycles. The Morgan fingerprint density at radius 1 is 0.301 bits per heavy atom. The van der Waals surface area contributed by atoms with E-state index < -0.39 is 0 Å². The summed E-state index contributed by atoms with van der Waals surface area (Å²) in [6.45, 7) is 29.7. The van der Waals surface area contributed by atoms with Crippen LogP contribution in [0, 0.1) is 51.1 Å². The molecule has 12 aromatic carbocycles. The van der Waals surface area contributed by atoms with Crippen molar-refractivity contribution in [3.05, 3.63) is 450 Å². The van der Waals surface area contributed by atoms with Crippen LogP contribution in [0.15, 0.2) is 381 Å². The maximum absolute atomic E-state index is 10.0. The van der Waals surface area contributed by atoms with Gasteiger partial charge in [0.15, 0.2) is 28.9 Å². The number of aliphatic hydroxyl groups excluding tert-OH is 5. The van der Waals surface area contributed by atoms with Crippen molar-refractivity contribution in [1.82, 2.24) is 24.9 Å². The number of fused-ring (bicyclic) bond motifs is 10. The summed E-state index contributed by atoms with van der Waals surface area (Å²) in [5, 5.41) is 49.0. The van der Waals surface area contributed by atoms with Gasteiger partial charge in [-0.2, -0.15) is 0 Å². The van der Waals surface area contributed by atoms with Gasteiger partial charge in [-0.05, 0) is 171 Å². The predicted molar refractivity (Wildman–Crippen MR) is 563 cm³/mol. The van der Waals surface area contributed by atoms with Gasteiger partial charge in [-0.3, -0.25) is 33.9 Å². The first kappa shape index (κ1) is 120. The van der Waals surface area contributed by atoms with E-state index >= 15 is 0 Å². The van der Waals surface area contributed by atoms with Crippen molar-refractivity contribution in [3.63, 3.8) is 0 Å². The maximum Gasteiger partial charge on any atom is 0.155 e. The number of aromatic nitrogens is 5. The van der Waals surface area contributed by atoms with E-state index in [-0.39, 0.29) is 169 Å². The Bertz CT molecular complexity index is 7180. The van der Waals surface area contributed by atoms with E-state index in [0.717, 1.165) is 67.3 Å². The monoisotopic (exact) mass is 2790 g/mol. The molecule has 17 aromatic rings. The van der Waals surface area contributed by atoms with E-state index in [0.29, 0.717) is 0 Å². The van der Waals surface area contributed by atoms with E-state index in [2.05, 4.69) is 293 Å². The van der Waals surface area contributed by atoms with Crippen LogP contribution in [-0.4, -0.2) is 79.4 Å². The van der Waals surface area contributed by atoms with E-state index in [9.17, 15) is 24.0 Å². The molecule has 0 unspecified atom stereocenters. The maximum atomic E-state index is 10.0. The van der Waals surface area contributed by atoms with Gasteiger partial charge in [0, 0.05) is 155 Å². The smallest absolute Gasteiger partial charge is 0.155 e. The third-order valence-corrected chi connectivity index (χ3v) is 21.9. The van der Waals surface area contributed by atoms with Gasteiger partial charge in [0.2, 0.25) is 0 Å². The van der Waals surface area contributed by atoms with Crippen LogP contribution in [0.4, 0.5) is 0 Å². The van der Waals surface area contributed by atoms with Crippen LogP contribution in [0.1, 0.15) is 136 Å². The molecule has 0 aliphatic heterocycles. The van der Waals surface area contributed by atoms with E-state index in [1.54, 1.807) is 0 Å². The number of allylic oxidation sites excluding steroid dienone is 10. The Labute approximate surface area is 907 Å². The second-order valence-electron chi connectivity index (χ2n) is 34.2. The minimum Gasteiger partial charge on any atom is -0.512 e. The molecule has 0 fully saturated rings. The summed E-state index contributed by atoms with van der Waals surface area (Å²) < 4.78 is 0. The molecule has 0 saturated carbocycles. The fourth-order valence-corrected chi connectivity index (χ4v) is 15.6. The first-order valence-electron chi connectivity index (χ1n) is 45.0. The van der Waals surface area contributed by atoms with Crippen LogP contribution in [0.2, 0.25) is 0 Å². The summed E-state index contributed by atoms with van der Waals surface area (Å²) in [6, 6.07) is 121. The van der Waals surface area contributed by atoms with Gasteiger partial charge in [0.05, 0.1) is 39.8 Å². The zero-order valence-electron chi connectivity index (χ0n) is 82.7. The Balaban J connectivity index is 0.000000290. The summed E-state index contributed by atoms with van der Waals surface area (Å²) >= 11 is 0. The largest absolute Gasteiger partial charge is 0.512 e. The molecule has 5 radical (unpaired) electrons. The zero-order valence-corrected chi connectivity index (χ0v) is 94.6. The van der Waals surface area contributed by atoms with Crippen LogP contribution in [0.25, 0.3) is 133 Å². The molecule has 2 aliphatic carbocycles. The van der Waals surface area contributed by atoms with Gasteiger partial charge in [0.1, 0.15) is 0 Å². The number of carbonyl (C=O) groups excluding carboxylic acids is 5. The van der Waals surface area contributed by atoms with Gasteiger partial charge < -0.3 is 40.5 Å². The Morgan fingerprint density at radius 3 is 1.20 bits per heavy atom. The Hall–Kier alpha value is -13.3. The van der Waals surface area contributed by atoms with Crippen LogP contribution in [-0.2, 0) is 135 Å². The molecule has 2 aliphatic rings. The molecule has 741 valence electrons. The number of nitrogens with zero attached hydrogens (tertiary/aromatic N) is 5. The molecular formula is C123H114Ir5N5O10-5. The number of aryl methyl sites for hydroxylation is 3. The van der Waals surface area contributed by atoms with Gasteiger partial charge in [0.25, 0.3) is 0 Å². The van der Waals surface area contributed by atoms with Crippen molar-refractivity contribution in [3.8, 4) is 89.7 Å². The molecule has 19 rings (SSSR count). The Kier molecular flexibility index (Phi) is 49.0. The normalized spacial score (nSPS) is 11.7. The quantitative estimate of drug-likeness (QED) is 0.0459. The third-order valence-electron chi connectivity index (χ3n) is 21.9. The molecule has 5 aromatic heterocycles. The molecule has 143 heavy (non-hydrogen) atoms. The summed E-state index contributed by atoms with van der Waals surface area (Å²) in [4.78, 5) is 73.1. The third kappa shape index (κ3) is 35.4. The number of carbonyl (C=O) groups is 5. The minimum atomic E-state index is -0.125. The van der Waals surface area contributed by atoms with E-state index in [4.69, 9.17) is 30.5 Å². The van der Waals surface area contributed by atoms with Crippen LogP contribution in [0.3, 0.4) is 0 Å². The van der Waals surface area contributed by atoms with Gasteiger partial charge in [-0.25, -0.2) is 0 Å². The molecule has 0 saturated heterocycles. The number of ketones is 5. The zero-order chi connectivity index (χ0) is 99.8. The topological polar surface area (TPSA) is 251 Å². The summed E-state index contributed by atoms with van der Waals surface area (Å²) in [5.41, 5.74) is 29.1. The molecule has 15 nitrogen and oxygen atoms in total. The fraction of sp³-hybridized carbons (Fsp3) is 0.154. The molecule has 0 bridgehead atoms. The SMILES string of the molecule is CC(=O)C=C(C)O.CC(=O)C=C(C)O.CC(=O)C=C(C)O.CC(=O)C=C(C)O.CC(=O)C=C(C)O.CC1(C)c2ccccc2-c2c[c-]c(-c3cc4ccccc4cn3)cc21.CC1(C)c2ccccc2-c2c[c-]c(-c3ccccn3)cc21.Cc1[c-]c(-c2cc(-c3ccccc3)c3ccccc3n2)ccc1C.Cc1cc[c-]c(-c2ccc3ccccc3n2)c1.[Ir].[Ir].[Ir].[Ir].[Ir].[c-]1ccc2ccccc2c1-c1ccccn1. The molecule has 0 amide bonds. The standard InChI is InChI=1S/C24H18N.C23H18N.C20H16N.C16H12N.C15H10N.5C5H8O2.5Ir/c1-24(2)21-10-6-5-9-19(21)20-12-11-17(13-22(20)24)23-14-16-7-3-4-8-18(16)15-25-23;1-16-12-13-19(14-17(16)2)23-15-21(18-8-4-3-5-9-18)20-10-6-7-11-22(20)24-23;1-20(2)17-8-4-3-7-15(17)16-11-10-14(13-18(16)20)19-9-5-6-12-21-19;1-12-5-4-7-14(11-12)16-10-9-13-6-2-3-8-15(13)17-16;1-2-8-13-12(6-1)7-5-9-14(13)15-10-3-4-11-16-15;5*1-4(6)3-5(2)7;;;;;/h3-10,12-15H,1-2H3;3-13,15H,1-2H3;3-9,11-13H,1-2H3;2-6,8-11H,1H3;1-8,10-11H;5*3,6H,1-2H3;;;;;/q5*-1;;;;;;;;;;. The number of aliphatic hydroxyl groups is 5. The van der Waals surface area contributed by atoms with Crippen LogP contribution >= 0.6 is 0 Å². The second-order valence-corrected chi connectivity index (χ2v) is 34.2. The number of rotatable bonds is 11. The number of hydrogen-bond acceptors (Lipinski definition) is 15. The molecular weight excluding hydrogens is 2670 g/mol. The number of benzene rings is 12. The van der Waals surface area contributed by atoms with Crippen molar-refractivity contribution in [2.24, 2.45) is 0 Å². The van der Waals surface area contributed by atoms with Crippen molar-refractivity contribution >= 4 is 72.3 Å². The van der Waals surface area contributed by atoms with Crippen molar-refractivity contribution < 1.29 is 150 Å². The van der Waals surface area contributed by atoms with E-state index in [1.165, 1.54) is 204 Å². The summed E-state index contributed by atoms with van der Waals surface area (Å²) in [5.74, 6) is -0.312. The first-order chi connectivity index (χ1) is 65.9. The van der Waals surface area contributed by atoms with Gasteiger partial charge in [-0.15, -0.1) is 158 Å². The molecule has 0 atom stereocenters. The van der Waals surface area contributed by atoms with Gasteiger partial charge in [-0.1, -0.05) is 288 Å². The van der Waals surface area contributed by atoms with Crippen LogP contribution in [0.5, 0.6) is 0 Å². The molecule has 5 N–H and O–H groups in total. The van der Waals surface area contributed by atoms with Gasteiger partial charge >= 0.3 is 0 Å². The summed E-state index contributed by atoms with van der Waals surface area (Å²) in [7, 11) is 0. The number of hydrogen-bond donors (Lipinski definition) is 5. The molecule has 0 spiro atoms. The minimum absolute atomic E-state index is 0. The van der Waals surface area contributed by atoms with Crippen molar-refractivity contribution in [1.29, 1.82) is 0 Å². The van der Waals surface area contributed by atoms with E-state index in [1.807, 2.05) is 128 Å². The van der Waals surface area contributed by atoms with Crippen LogP contribution < -0.4 is 0 Å². The average Bonchev–Trinajstić information content (AvgIpc) is 1.58. The molecule has 20 heteroatoms. The number of pyridine rings is 5. The summed E-state index contributed by atoms with van der Waals surface area (Å²) in [6.07, 6.45) is 11.4. The Morgan fingerprint density at radius 2 is 0.720 bits per heavy atom. The first-order valence-corrected chi connectivity index (χ1v) is 45.0. The van der Waals surface area contributed by atoms with Crippen molar-refractivity contribution in [2.75, 3.05) is 0 Å². The fourth-order valence-electron chi connectivity index (χ4n) is 15.6. The number of para-hydroxylation sites is 2. The second kappa shape index (κ2) is 58.3.